The molecule has 5 N–H and O–H groups in total. The van der Waals surface area contributed by atoms with Gasteiger partial charge in [-0.1, -0.05) is 20.8 Å². The van der Waals surface area contributed by atoms with Crippen LogP contribution in [-0.2, 0) is 9.59 Å². The second-order valence-corrected chi connectivity index (χ2v) is 5.64. The first-order chi connectivity index (χ1) is 7.64. The number of nitrogens with zero attached hydrogens (tertiary/aromatic N) is 1. The highest BCUT2D eigenvalue weighted by Gasteiger charge is 2.41. The molecule has 0 saturated carbocycles. The van der Waals surface area contributed by atoms with Gasteiger partial charge in [-0.25, -0.2) is 0 Å². The third kappa shape index (κ3) is 2.95. The monoisotopic (exact) mass is 243 g/mol. The summed E-state index contributed by atoms with van der Waals surface area (Å²) in [5.74, 6) is -0.936. The van der Waals surface area contributed by atoms with Gasteiger partial charge in [0.15, 0.2) is 0 Å². The fraction of sp³-hybridized carbons (Fsp3) is 0.818. The number of β-amino-alcohol motifs (C(OH)–C–C–N with tert-alkyl or cyclic N) is 1. The van der Waals surface area contributed by atoms with E-state index in [1.165, 1.54) is 4.90 Å². The van der Waals surface area contributed by atoms with Crippen molar-refractivity contribution in [3.05, 3.63) is 0 Å². The first kappa shape index (κ1) is 13.9. The van der Waals surface area contributed by atoms with Gasteiger partial charge in [0, 0.05) is 13.0 Å². The number of carbonyl (C=O) groups is 2. The first-order valence-electron chi connectivity index (χ1n) is 5.68. The molecule has 0 bridgehead atoms. The van der Waals surface area contributed by atoms with Crippen LogP contribution < -0.4 is 11.5 Å². The molecule has 1 fully saturated rings. The molecule has 0 aliphatic carbocycles. The van der Waals surface area contributed by atoms with Crippen LogP contribution in [0, 0.1) is 5.41 Å². The van der Waals surface area contributed by atoms with E-state index in [9.17, 15) is 14.7 Å². The lowest BCUT2D eigenvalue weighted by atomic mass is 9.86. The standard InChI is InChI=1S/C11H21N3O3/c1-11(2,3)8(12)10(17)14-5-6(15)4-7(14)9(13)16/h6-8,15H,4-5,12H2,1-3H3,(H2,13,16)/t6-,7+,8-/m0/s1. The number of likely N-dealkylation sites (tertiary alicyclic amines) is 1. The lowest BCUT2D eigenvalue weighted by molar-refractivity contribution is -0.140. The fourth-order valence-electron chi connectivity index (χ4n) is 1.88. The van der Waals surface area contributed by atoms with E-state index < -0.39 is 29.5 Å². The Balaban J connectivity index is 2.84. The molecule has 1 aliphatic rings. The number of aliphatic hydroxyl groups is 1. The second-order valence-electron chi connectivity index (χ2n) is 5.64. The Morgan fingerprint density at radius 2 is 1.94 bits per heavy atom. The summed E-state index contributed by atoms with van der Waals surface area (Å²) in [6.07, 6.45) is -0.513. The van der Waals surface area contributed by atoms with E-state index in [1.807, 2.05) is 20.8 Å². The minimum atomic E-state index is -0.745. The lowest BCUT2D eigenvalue weighted by Gasteiger charge is -2.31. The van der Waals surface area contributed by atoms with Gasteiger partial charge < -0.3 is 21.5 Å². The molecule has 0 aromatic rings. The van der Waals surface area contributed by atoms with E-state index >= 15 is 0 Å². The predicted molar refractivity (Wildman–Crippen MR) is 62.7 cm³/mol. The third-order valence-corrected chi connectivity index (χ3v) is 3.09. The summed E-state index contributed by atoms with van der Waals surface area (Å²) in [6.45, 7) is 5.67. The number of primary amides is 1. The number of aliphatic hydroxyl groups excluding tert-OH is 1. The summed E-state index contributed by atoms with van der Waals surface area (Å²) in [6, 6.07) is -1.46. The molecular weight excluding hydrogens is 222 g/mol. The molecule has 0 aromatic heterocycles. The second kappa shape index (κ2) is 4.62. The molecule has 0 unspecified atom stereocenters. The maximum atomic E-state index is 12.1. The van der Waals surface area contributed by atoms with Gasteiger partial charge in [0.2, 0.25) is 11.8 Å². The smallest absolute Gasteiger partial charge is 0.240 e. The Labute approximate surface area is 101 Å². The van der Waals surface area contributed by atoms with Crippen molar-refractivity contribution in [1.29, 1.82) is 0 Å². The van der Waals surface area contributed by atoms with Gasteiger partial charge in [-0.15, -0.1) is 0 Å². The van der Waals surface area contributed by atoms with Crippen LogP contribution in [0.2, 0.25) is 0 Å². The molecular formula is C11H21N3O3. The Morgan fingerprint density at radius 3 is 2.35 bits per heavy atom. The minimum Gasteiger partial charge on any atom is -0.391 e. The molecule has 0 spiro atoms. The zero-order chi connectivity index (χ0) is 13.4. The van der Waals surface area contributed by atoms with E-state index in [4.69, 9.17) is 11.5 Å². The Kier molecular flexibility index (Phi) is 3.78. The van der Waals surface area contributed by atoms with Gasteiger partial charge >= 0.3 is 0 Å². The highest BCUT2D eigenvalue weighted by molar-refractivity contribution is 5.90. The van der Waals surface area contributed by atoms with Gasteiger partial charge in [0.05, 0.1) is 12.1 Å². The van der Waals surface area contributed by atoms with Crippen molar-refractivity contribution in [2.75, 3.05) is 6.54 Å². The Morgan fingerprint density at radius 1 is 1.41 bits per heavy atom. The summed E-state index contributed by atoms with van der Waals surface area (Å²) in [7, 11) is 0. The SMILES string of the molecule is CC(C)(C)[C@@H](N)C(=O)N1C[C@@H](O)C[C@@H]1C(N)=O. The average Bonchev–Trinajstić information content (AvgIpc) is 2.56. The molecule has 0 aromatic carbocycles. The number of carbonyl (C=O) groups excluding carboxylic acids is 2. The highest BCUT2D eigenvalue weighted by Crippen LogP contribution is 2.24. The summed E-state index contributed by atoms with van der Waals surface area (Å²) in [5, 5.41) is 9.51. The number of rotatable bonds is 2. The summed E-state index contributed by atoms with van der Waals surface area (Å²) < 4.78 is 0. The molecule has 0 radical (unpaired) electrons. The van der Waals surface area contributed by atoms with Crippen LogP contribution in [0.3, 0.4) is 0 Å². The van der Waals surface area contributed by atoms with Crippen LogP contribution in [0.1, 0.15) is 27.2 Å². The third-order valence-electron chi connectivity index (χ3n) is 3.09. The molecule has 6 nitrogen and oxygen atoms in total. The minimum absolute atomic E-state index is 0.121. The van der Waals surface area contributed by atoms with Crippen molar-refractivity contribution in [1.82, 2.24) is 4.90 Å². The summed E-state index contributed by atoms with van der Waals surface area (Å²) in [5.41, 5.74) is 10.7. The Hall–Kier alpha value is -1.14. The van der Waals surface area contributed by atoms with Crippen LogP contribution in [0.25, 0.3) is 0 Å². The molecule has 1 rings (SSSR count). The first-order valence-corrected chi connectivity index (χ1v) is 5.68. The quantitative estimate of drug-likeness (QED) is 0.566. The number of hydrogen-bond donors (Lipinski definition) is 3. The maximum absolute atomic E-state index is 12.1. The van der Waals surface area contributed by atoms with E-state index in [0.717, 1.165) is 0 Å². The topological polar surface area (TPSA) is 110 Å². The summed E-state index contributed by atoms with van der Waals surface area (Å²) in [4.78, 5) is 24.6. The largest absolute Gasteiger partial charge is 0.391 e. The van der Waals surface area contributed by atoms with Gasteiger partial charge in [-0.3, -0.25) is 9.59 Å². The predicted octanol–water partition coefficient (Wildman–Crippen LogP) is -1.19. The zero-order valence-electron chi connectivity index (χ0n) is 10.5. The van der Waals surface area contributed by atoms with Crippen LogP contribution in [-0.4, -0.2) is 46.6 Å². The van der Waals surface area contributed by atoms with Crippen molar-refractivity contribution in [2.24, 2.45) is 16.9 Å². The van der Waals surface area contributed by atoms with Gasteiger partial charge in [-0.05, 0) is 5.41 Å². The lowest BCUT2D eigenvalue weighted by Crippen LogP contribution is -2.54. The molecule has 98 valence electrons. The molecule has 6 heteroatoms. The van der Waals surface area contributed by atoms with Crippen molar-refractivity contribution in [3.63, 3.8) is 0 Å². The molecule has 3 atom stereocenters. The molecule has 1 heterocycles. The van der Waals surface area contributed by atoms with Gasteiger partial charge in [0.1, 0.15) is 6.04 Å². The molecule has 1 saturated heterocycles. The van der Waals surface area contributed by atoms with Gasteiger partial charge in [-0.2, -0.15) is 0 Å². The van der Waals surface area contributed by atoms with Crippen LogP contribution in [0.15, 0.2) is 0 Å². The van der Waals surface area contributed by atoms with E-state index in [-0.39, 0.29) is 18.9 Å². The molecule has 1 aliphatic heterocycles. The van der Waals surface area contributed by atoms with Crippen LogP contribution >= 0.6 is 0 Å². The Bertz CT molecular complexity index is 324. The van der Waals surface area contributed by atoms with E-state index in [0.29, 0.717) is 0 Å². The highest BCUT2D eigenvalue weighted by atomic mass is 16.3. The normalized spacial score (nSPS) is 27.0. The van der Waals surface area contributed by atoms with E-state index in [1.54, 1.807) is 0 Å². The van der Waals surface area contributed by atoms with Crippen molar-refractivity contribution in [2.45, 2.75) is 45.4 Å². The van der Waals surface area contributed by atoms with Crippen LogP contribution in [0.4, 0.5) is 0 Å². The maximum Gasteiger partial charge on any atom is 0.240 e. The molecule has 2 amide bonds. The average molecular weight is 243 g/mol. The van der Waals surface area contributed by atoms with E-state index in [2.05, 4.69) is 0 Å². The zero-order valence-corrected chi connectivity index (χ0v) is 10.5. The fourth-order valence-corrected chi connectivity index (χ4v) is 1.88. The molecule has 17 heavy (non-hydrogen) atoms. The van der Waals surface area contributed by atoms with Gasteiger partial charge in [0.25, 0.3) is 0 Å². The number of hydrogen-bond acceptors (Lipinski definition) is 4. The van der Waals surface area contributed by atoms with Crippen LogP contribution in [0.5, 0.6) is 0 Å². The van der Waals surface area contributed by atoms with Crippen molar-refractivity contribution < 1.29 is 14.7 Å². The summed E-state index contributed by atoms with van der Waals surface area (Å²) >= 11 is 0. The van der Waals surface area contributed by atoms with Crippen molar-refractivity contribution in [3.8, 4) is 0 Å². The number of nitrogens with two attached hydrogens (primary N) is 2. The number of amides is 2. The van der Waals surface area contributed by atoms with Crippen molar-refractivity contribution >= 4 is 11.8 Å².